The lowest BCUT2D eigenvalue weighted by atomic mass is 9.90. The first kappa shape index (κ1) is 22.1. The van der Waals surface area contributed by atoms with Gasteiger partial charge < -0.3 is 5.11 Å². The third kappa shape index (κ3) is 7.10. The van der Waals surface area contributed by atoms with Crippen molar-refractivity contribution in [3.63, 3.8) is 0 Å². The zero-order valence-electron chi connectivity index (χ0n) is 16.4. The predicted octanol–water partition coefficient (Wildman–Crippen LogP) is 5.89. The van der Waals surface area contributed by atoms with Gasteiger partial charge in [0.25, 0.3) is 0 Å². The Morgan fingerprint density at radius 2 is 1.92 bits per heavy atom. The fourth-order valence-electron chi connectivity index (χ4n) is 3.91. The maximum absolute atomic E-state index is 10.5. The Labute approximate surface area is 173 Å². The summed E-state index contributed by atoms with van der Waals surface area (Å²) in [5, 5.41) is 12.8. The number of aliphatic hydroxyl groups excluding tert-OH is 1. The van der Waals surface area contributed by atoms with E-state index in [1.807, 2.05) is 6.07 Å². The van der Waals surface area contributed by atoms with E-state index in [2.05, 4.69) is 65.8 Å². The van der Waals surface area contributed by atoms with Gasteiger partial charge in [0.15, 0.2) is 0 Å². The lowest BCUT2D eigenvalue weighted by Crippen LogP contribution is -2.51. The number of rotatable bonds is 11. The number of unbranched alkanes of at least 4 members (excludes halogenated alkanes) is 1. The molecule has 4 heteroatoms. The van der Waals surface area contributed by atoms with Crippen molar-refractivity contribution >= 4 is 22.6 Å². The Balaban J connectivity index is 2.04. The van der Waals surface area contributed by atoms with Crippen LogP contribution in [0, 0.1) is 0 Å². The number of piperidine rings is 1. The fourth-order valence-corrected chi connectivity index (χ4v) is 5.21. The number of nitrogens with zero attached hydrogens (tertiary/aromatic N) is 1. The first-order chi connectivity index (χ1) is 12.7. The lowest BCUT2D eigenvalue weighted by molar-refractivity contribution is -0.238. The van der Waals surface area contributed by atoms with Crippen LogP contribution in [0.5, 0.6) is 0 Å². The summed E-state index contributed by atoms with van der Waals surface area (Å²) in [7, 11) is 0. The van der Waals surface area contributed by atoms with Gasteiger partial charge in [-0.3, -0.25) is 4.84 Å². The Hall–Kier alpha value is -0.170. The molecule has 0 aliphatic carbocycles. The van der Waals surface area contributed by atoms with Crippen LogP contribution in [0.2, 0.25) is 0 Å². The Morgan fingerprint density at radius 1 is 1.15 bits per heavy atom. The SMILES string of the molecule is CCCC[C@H](O)C[C@H]1CCC[C@H]([C@@H](I)CCC)N1OCc1ccccc1. The van der Waals surface area contributed by atoms with Crippen LogP contribution < -0.4 is 0 Å². The van der Waals surface area contributed by atoms with Crippen LogP contribution in [0.1, 0.15) is 77.2 Å². The molecule has 148 valence electrons. The molecular formula is C22H36INO2. The molecular weight excluding hydrogens is 437 g/mol. The van der Waals surface area contributed by atoms with E-state index in [1.54, 1.807) is 0 Å². The van der Waals surface area contributed by atoms with Crippen LogP contribution in [-0.4, -0.2) is 32.3 Å². The summed E-state index contributed by atoms with van der Waals surface area (Å²) in [4.78, 5) is 6.38. The number of benzene rings is 1. The van der Waals surface area contributed by atoms with Gasteiger partial charge in [-0.1, -0.05) is 92.5 Å². The predicted molar refractivity (Wildman–Crippen MR) is 117 cm³/mol. The second-order valence-corrected chi connectivity index (χ2v) is 9.21. The number of hydroxylamine groups is 2. The van der Waals surface area contributed by atoms with Gasteiger partial charge in [0.1, 0.15) is 0 Å². The smallest absolute Gasteiger partial charge is 0.0936 e. The van der Waals surface area contributed by atoms with Crippen molar-refractivity contribution in [3.8, 4) is 0 Å². The van der Waals surface area contributed by atoms with Crippen molar-refractivity contribution < 1.29 is 9.94 Å². The molecule has 1 fully saturated rings. The van der Waals surface area contributed by atoms with Gasteiger partial charge in [-0.15, -0.1) is 0 Å². The maximum atomic E-state index is 10.5. The van der Waals surface area contributed by atoms with Gasteiger partial charge in [0, 0.05) is 16.0 Å². The van der Waals surface area contributed by atoms with Gasteiger partial charge in [-0.05, 0) is 37.7 Å². The first-order valence-electron chi connectivity index (χ1n) is 10.4. The van der Waals surface area contributed by atoms with Crippen LogP contribution in [0.25, 0.3) is 0 Å². The second-order valence-electron chi connectivity index (χ2n) is 7.61. The molecule has 4 atom stereocenters. The highest BCUT2D eigenvalue weighted by molar-refractivity contribution is 14.1. The zero-order chi connectivity index (χ0) is 18.8. The molecule has 0 amide bonds. The van der Waals surface area contributed by atoms with Crippen LogP contribution in [-0.2, 0) is 11.4 Å². The number of alkyl halides is 1. The summed E-state index contributed by atoms with van der Waals surface area (Å²) in [6.45, 7) is 5.06. The minimum absolute atomic E-state index is 0.208. The molecule has 1 saturated heterocycles. The molecule has 1 aliphatic heterocycles. The molecule has 0 unspecified atom stereocenters. The largest absolute Gasteiger partial charge is 0.393 e. The van der Waals surface area contributed by atoms with Crippen molar-refractivity contribution in [3.05, 3.63) is 35.9 Å². The molecule has 1 aromatic rings. The molecule has 0 aromatic heterocycles. The van der Waals surface area contributed by atoms with Gasteiger partial charge in [-0.25, -0.2) is 0 Å². The van der Waals surface area contributed by atoms with Gasteiger partial charge in [0.05, 0.1) is 12.7 Å². The number of hydrogen-bond donors (Lipinski definition) is 1. The van der Waals surface area contributed by atoms with Gasteiger partial charge >= 0.3 is 0 Å². The third-order valence-corrected chi connectivity index (χ3v) is 6.82. The molecule has 0 bridgehead atoms. The van der Waals surface area contributed by atoms with E-state index >= 15 is 0 Å². The summed E-state index contributed by atoms with van der Waals surface area (Å²) in [6.07, 6.45) is 9.78. The standard InChI is InChI=1S/C22H36INO2/c1-3-5-14-20(25)16-19-13-9-15-22(21(23)10-4-2)24(19)26-17-18-11-7-6-8-12-18/h6-8,11-12,19-22,25H,3-5,9-10,13-17H2,1-2H3/t19-,20+,21+,22-/m1/s1. The minimum Gasteiger partial charge on any atom is -0.393 e. The van der Waals surface area contributed by atoms with E-state index in [9.17, 15) is 5.11 Å². The molecule has 0 radical (unpaired) electrons. The van der Waals surface area contributed by atoms with Crippen molar-refractivity contribution in [2.24, 2.45) is 0 Å². The Morgan fingerprint density at radius 3 is 2.62 bits per heavy atom. The van der Waals surface area contributed by atoms with Crippen molar-refractivity contribution in [1.29, 1.82) is 0 Å². The van der Waals surface area contributed by atoms with Crippen molar-refractivity contribution in [2.45, 2.75) is 100 Å². The van der Waals surface area contributed by atoms with E-state index in [-0.39, 0.29) is 6.10 Å². The molecule has 1 N–H and O–H groups in total. The van der Waals surface area contributed by atoms with E-state index in [4.69, 9.17) is 4.84 Å². The minimum atomic E-state index is -0.208. The molecule has 0 spiro atoms. The Bertz CT molecular complexity index is 484. The van der Waals surface area contributed by atoms with Crippen LogP contribution in [0.4, 0.5) is 0 Å². The Kier molecular flexibility index (Phi) is 10.5. The third-order valence-electron chi connectivity index (χ3n) is 5.36. The summed E-state index contributed by atoms with van der Waals surface area (Å²) >= 11 is 2.61. The summed E-state index contributed by atoms with van der Waals surface area (Å²) in [6, 6.07) is 11.2. The lowest BCUT2D eigenvalue weighted by Gasteiger charge is -2.43. The normalized spacial score (nSPS) is 23.7. The second kappa shape index (κ2) is 12.3. The van der Waals surface area contributed by atoms with E-state index in [1.165, 1.54) is 31.2 Å². The van der Waals surface area contributed by atoms with E-state index in [0.717, 1.165) is 32.1 Å². The summed E-state index contributed by atoms with van der Waals surface area (Å²) in [5.74, 6) is 0. The molecule has 0 saturated carbocycles. The van der Waals surface area contributed by atoms with Gasteiger partial charge in [-0.2, -0.15) is 5.06 Å². The average Bonchev–Trinajstić information content (AvgIpc) is 2.66. The number of aliphatic hydroxyl groups is 1. The molecule has 1 aromatic carbocycles. The van der Waals surface area contributed by atoms with Crippen molar-refractivity contribution in [2.75, 3.05) is 0 Å². The van der Waals surface area contributed by atoms with Gasteiger partial charge in [0.2, 0.25) is 0 Å². The van der Waals surface area contributed by atoms with Crippen LogP contribution in [0.3, 0.4) is 0 Å². The quantitative estimate of drug-likeness (QED) is 0.322. The molecule has 1 heterocycles. The maximum Gasteiger partial charge on any atom is 0.0936 e. The zero-order valence-corrected chi connectivity index (χ0v) is 18.6. The fraction of sp³-hybridized carbons (Fsp3) is 0.727. The summed E-state index contributed by atoms with van der Waals surface area (Å²) in [5.41, 5.74) is 1.21. The topological polar surface area (TPSA) is 32.7 Å². The number of hydrogen-bond acceptors (Lipinski definition) is 3. The van der Waals surface area contributed by atoms with E-state index in [0.29, 0.717) is 22.6 Å². The van der Waals surface area contributed by atoms with Crippen LogP contribution >= 0.6 is 22.6 Å². The van der Waals surface area contributed by atoms with E-state index < -0.39 is 0 Å². The summed E-state index contributed by atoms with van der Waals surface area (Å²) < 4.78 is 0.601. The highest BCUT2D eigenvalue weighted by Crippen LogP contribution is 2.33. The van der Waals surface area contributed by atoms with Crippen molar-refractivity contribution in [1.82, 2.24) is 5.06 Å². The molecule has 1 aliphatic rings. The molecule has 2 rings (SSSR count). The number of halogens is 1. The molecule has 3 nitrogen and oxygen atoms in total. The highest BCUT2D eigenvalue weighted by Gasteiger charge is 2.36. The first-order valence-corrected chi connectivity index (χ1v) is 11.7. The average molecular weight is 473 g/mol. The molecule has 26 heavy (non-hydrogen) atoms. The van der Waals surface area contributed by atoms with Crippen LogP contribution in [0.15, 0.2) is 30.3 Å². The monoisotopic (exact) mass is 473 g/mol. The highest BCUT2D eigenvalue weighted by atomic mass is 127.